The van der Waals surface area contributed by atoms with Gasteiger partial charge in [-0.25, -0.2) is 4.79 Å². The molecule has 21 heavy (non-hydrogen) atoms. The van der Waals surface area contributed by atoms with E-state index in [0.717, 1.165) is 11.1 Å². The quantitative estimate of drug-likeness (QED) is 0.796. The van der Waals surface area contributed by atoms with Gasteiger partial charge >= 0.3 is 5.97 Å². The van der Waals surface area contributed by atoms with Gasteiger partial charge in [-0.1, -0.05) is 30.3 Å². The Bertz CT molecular complexity index is 694. The molecule has 0 radical (unpaired) electrons. The number of carbonyl (C=O) groups excluding carboxylic acids is 1. The largest absolute Gasteiger partial charge is 0.459 e. The van der Waals surface area contributed by atoms with Crippen molar-refractivity contribution in [2.24, 2.45) is 0 Å². The van der Waals surface area contributed by atoms with E-state index in [2.05, 4.69) is 15.9 Å². The first-order valence-corrected chi connectivity index (χ1v) is 7.37. The molecule has 0 aliphatic rings. The summed E-state index contributed by atoms with van der Waals surface area (Å²) in [6.07, 6.45) is 1.65. The van der Waals surface area contributed by atoms with Crippen LogP contribution in [0.2, 0.25) is 0 Å². The number of benzene rings is 1. The zero-order valence-electron chi connectivity index (χ0n) is 11.9. The lowest BCUT2D eigenvalue weighted by molar-refractivity contribution is -0.148. The Morgan fingerprint density at radius 2 is 2.00 bits per heavy atom. The van der Waals surface area contributed by atoms with Gasteiger partial charge in [0.15, 0.2) is 0 Å². The summed E-state index contributed by atoms with van der Waals surface area (Å²) in [6.45, 7) is 3.72. The van der Waals surface area contributed by atoms with E-state index in [9.17, 15) is 9.59 Å². The Hall–Kier alpha value is -1.88. The molecule has 2 rings (SSSR count). The summed E-state index contributed by atoms with van der Waals surface area (Å²) in [7, 11) is 0. The van der Waals surface area contributed by atoms with E-state index in [1.807, 2.05) is 37.3 Å². The summed E-state index contributed by atoms with van der Waals surface area (Å²) in [5.74, 6) is -0.432. The summed E-state index contributed by atoms with van der Waals surface area (Å²) >= 11 is 3.20. The standard InChI is InChI=1S/C16H16BrNO3/c1-11-8-14(17)15(19)18(9-11)12(2)16(20)21-10-13-6-4-3-5-7-13/h3-9,12H,10H2,1-2H3. The van der Waals surface area contributed by atoms with Crippen LogP contribution in [0.15, 0.2) is 51.9 Å². The van der Waals surface area contributed by atoms with E-state index >= 15 is 0 Å². The van der Waals surface area contributed by atoms with Gasteiger partial charge in [-0.15, -0.1) is 0 Å². The number of hydrogen-bond acceptors (Lipinski definition) is 3. The van der Waals surface area contributed by atoms with Crippen molar-refractivity contribution >= 4 is 21.9 Å². The van der Waals surface area contributed by atoms with Gasteiger partial charge in [-0.2, -0.15) is 0 Å². The summed E-state index contributed by atoms with van der Waals surface area (Å²) in [5, 5.41) is 0. The molecule has 0 aliphatic carbocycles. The second-order valence-electron chi connectivity index (χ2n) is 4.85. The van der Waals surface area contributed by atoms with Crippen LogP contribution in [0, 0.1) is 6.92 Å². The van der Waals surface area contributed by atoms with Crippen molar-refractivity contribution in [2.75, 3.05) is 0 Å². The molecule has 1 heterocycles. The molecule has 1 atom stereocenters. The van der Waals surface area contributed by atoms with Crippen LogP contribution in [0.3, 0.4) is 0 Å². The fourth-order valence-electron chi connectivity index (χ4n) is 1.95. The van der Waals surface area contributed by atoms with Crippen LogP contribution in [0.4, 0.5) is 0 Å². The molecule has 1 aromatic carbocycles. The van der Waals surface area contributed by atoms with Crippen molar-refractivity contribution in [1.82, 2.24) is 4.57 Å². The van der Waals surface area contributed by atoms with Gasteiger partial charge in [0.1, 0.15) is 12.6 Å². The number of aryl methyl sites for hydroxylation is 1. The lowest BCUT2D eigenvalue weighted by Crippen LogP contribution is -2.29. The Morgan fingerprint density at radius 1 is 1.33 bits per heavy atom. The predicted molar refractivity (Wildman–Crippen MR) is 84.1 cm³/mol. The van der Waals surface area contributed by atoms with Gasteiger partial charge in [-0.3, -0.25) is 4.79 Å². The molecular weight excluding hydrogens is 334 g/mol. The second kappa shape index (κ2) is 6.72. The first kappa shape index (κ1) is 15.5. The van der Waals surface area contributed by atoms with E-state index in [-0.39, 0.29) is 12.2 Å². The van der Waals surface area contributed by atoms with Gasteiger partial charge in [-0.05, 0) is 47.0 Å². The van der Waals surface area contributed by atoms with E-state index in [1.54, 1.807) is 19.2 Å². The molecule has 0 saturated heterocycles. The third-order valence-electron chi connectivity index (χ3n) is 3.12. The molecular formula is C16H16BrNO3. The summed E-state index contributed by atoms with van der Waals surface area (Å²) < 4.78 is 7.08. The summed E-state index contributed by atoms with van der Waals surface area (Å²) in [6, 6.07) is 10.5. The monoisotopic (exact) mass is 349 g/mol. The number of halogens is 1. The number of ether oxygens (including phenoxy) is 1. The highest BCUT2D eigenvalue weighted by Crippen LogP contribution is 2.12. The molecule has 4 nitrogen and oxygen atoms in total. The number of esters is 1. The van der Waals surface area contributed by atoms with Crippen molar-refractivity contribution in [2.45, 2.75) is 26.5 Å². The third-order valence-corrected chi connectivity index (χ3v) is 3.69. The molecule has 0 saturated carbocycles. The zero-order valence-corrected chi connectivity index (χ0v) is 13.5. The minimum absolute atomic E-state index is 0.200. The molecule has 0 N–H and O–H groups in total. The Labute approximate surface area is 131 Å². The van der Waals surface area contributed by atoms with Crippen LogP contribution >= 0.6 is 15.9 Å². The Morgan fingerprint density at radius 3 is 2.67 bits per heavy atom. The van der Waals surface area contributed by atoms with E-state index in [1.165, 1.54) is 4.57 Å². The Kier molecular flexibility index (Phi) is 4.96. The first-order valence-electron chi connectivity index (χ1n) is 6.58. The first-order chi connectivity index (χ1) is 9.99. The third kappa shape index (κ3) is 3.82. The average molecular weight is 350 g/mol. The van der Waals surface area contributed by atoms with Crippen molar-refractivity contribution < 1.29 is 9.53 Å². The molecule has 0 amide bonds. The minimum atomic E-state index is -0.669. The van der Waals surface area contributed by atoms with Crippen molar-refractivity contribution in [3.05, 3.63) is 68.5 Å². The average Bonchev–Trinajstić information content (AvgIpc) is 2.48. The van der Waals surface area contributed by atoms with Gasteiger partial charge < -0.3 is 9.30 Å². The second-order valence-corrected chi connectivity index (χ2v) is 5.70. The number of hydrogen-bond donors (Lipinski definition) is 0. The normalized spacial score (nSPS) is 12.0. The number of aromatic nitrogens is 1. The minimum Gasteiger partial charge on any atom is -0.459 e. The van der Waals surface area contributed by atoms with Gasteiger partial charge in [0, 0.05) is 6.20 Å². The van der Waals surface area contributed by atoms with Crippen molar-refractivity contribution in [3.63, 3.8) is 0 Å². The predicted octanol–water partition coefficient (Wildman–Crippen LogP) is 3.22. The molecule has 110 valence electrons. The molecule has 2 aromatic rings. The van der Waals surface area contributed by atoms with Gasteiger partial charge in [0.2, 0.25) is 0 Å². The van der Waals surface area contributed by atoms with E-state index in [0.29, 0.717) is 4.47 Å². The molecule has 0 aliphatic heterocycles. The lowest BCUT2D eigenvalue weighted by atomic mass is 10.2. The summed E-state index contributed by atoms with van der Waals surface area (Å²) in [4.78, 5) is 24.1. The van der Waals surface area contributed by atoms with Gasteiger partial charge in [0.05, 0.1) is 4.47 Å². The molecule has 1 unspecified atom stereocenters. The molecule has 0 fully saturated rings. The SMILES string of the molecule is Cc1cc(Br)c(=O)n(C(C)C(=O)OCc2ccccc2)c1. The number of pyridine rings is 1. The highest BCUT2D eigenvalue weighted by atomic mass is 79.9. The number of nitrogens with zero attached hydrogens (tertiary/aromatic N) is 1. The zero-order chi connectivity index (χ0) is 15.4. The van der Waals surface area contributed by atoms with Crippen LogP contribution < -0.4 is 5.56 Å². The van der Waals surface area contributed by atoms with Crippen molar-refractivity contribution in [3.8, 4) is 0 Å². The fourth-order valence-corrected chi connectivity index (χ4v) is 2.52. The van der Waals surface area contributed by atoms with Crippen LogP contribution in [-0.4, -0.2) is 10.5 Å². The topological polar surface area (TPSA) is 48.3 Å². The van der Waals surface area contributed by atoms with Crippen molar-refractivity contribution in [1.29, 1.82) is 0 Å². The van der Waals surface area contributed by atoms with Crippen LogP contribution in [0.5, 0.6) is 0 Å². The van der Waals surface area contributed by atoms with Crippen LogP contribution in [-0.2, 0) is 16.1 Å². The maximum Gasteiger partial charge on any atom is 0.329 e. The number of rotatable bonds is 4. The molecule has 1 aromatic heterocycles. The van der Waals surface area contributed by atoms with Crippen LogP contribution in [0.1, 0.15) is 24.1 Å². The van der Waals surface area contributed by atoms with Crippen LogP contribution in [0.25, 0.3) is 0 Å². The highest BCUT2D eigenvalue weighted by molar-refractivity contribution is 9.10. The smallest absolute Gasteiger partial charge is 0.329 e. The maximum atomic E-state index is 12.1. The molecule has 0 spiro atoms. The van der Waals surface area contributed by atoms with E-state index in [4.69, 9.17) is 4.74 Å². The van der Waals surface area contributed by atoms with E-state index < -0.39 is 12.0 Å². The highest BCUT2D eigenvalue weighted by Gasteiger charge is 2.19. The number of carbonyl (C=O) groups is 1. The maximum absolute atomic E-state index is 12.1. The molecule has 5 heteroatoms. The Balaban J connectivity index is 2.11. The lowest BCUT2D eigenvalue weighted by Gasteiger charge is -2.15. The summed E-state index contributed by atoms with van der Waals surface area (Å²) in [5.41, 5.74) is 1.56. The molecule has 0 bridgehead atoms. The fraction of sp³-hybridized carbons (Fsp3) is 0.250. The van der Waals surface area contributed by atoms with Gasteiger partial charge in [0.25, 0.3) is 5.56 Å².